The second kappa shape index (κ2) is 6.18. The molecule has 2 rings (SSSR count). The van der Waals surface area contributed by atoms with E-state index < -0.39 is 0 Å². The molecule has 2 aromatic rings. The Morgan fingerprint density at radius 2 is 2.11 bits per heavy atom. The molecule has 19 heavy (non-hydrogen) atoms. The topological polar surface area (TPSA) is 27.1 Å². The van der Waals surface area contributed by atoms with Crippen LogP contribution in [0, 0.1) is 0 Å². The predicted molar refractivity (Wildman–Crippen MR) is 73.6 cm³/mol. The van der Waals surface area contributed by atoms with Crippen LogP contribution in [0.3, 0.4) is 0 Å². The Kier molecular flexibility index (Phi) is 4.34. The van der Waals surface area contributed by atoms with Gasteiger partial charge >= 0.3 is 0 Å². The molecule has 0 fully saturated rings. The summed E-state index contributed by atoms with van der Waals surface area (Å²) in [6, 6.07) is 7.63. The fourth-order valence-electron chi connectivity index (χ4n) is 1.73. The molecular formula is C15H17FN2O. The van der Waals surface area contributed by atoms with E-state index in [-0.39, 0.29) is 6.61 Å². The number of aromatic nitrogens is 2. The minimum absolute atomic E-state index is 0.286. The summed E-state index contributed by atoms with van der Waals surface area (Å²) in [7, 11) is 1.95. The van der Waals surface area contributed by atoms with Gasteiger partial charge in [0.15, 0.2) is 0 Å². The Morgan fingerprint density at radius 1 is 1.37 bits per heavy atom. The summed E-state index contributed by atoms with van der Waals surface area (Å²) in [5, 5.41) is 0. The summed E-state index contributed by atoms with van der Waals surface area (Å²) in [6.07, 6.45) is 4.93. The van der Waals surface area contributed by atoms with E-state index in [9.17, 15) is 4.39 Å². The smallest absolute Gasteiger partial charge is 0.139 e. The van der Waals surface area contributed by atoms with Crippen molar-refractivity contribution in [3.63, 3.8) is 0 Å². The first-order valence-corrected chi connectivity index (χ1v) is 6.23. The van der Waals surface area contributed by atoms with E-state index >= 15 is 0 Å². The predicted octanol–water partition coefficient (Wildman–Crippen LogP) is 3.73. The van der Waals surface area contributed by atoms with E-state index in [0.29, 0.717) is 18.3 Å². The second-order valence-corrected chi connectivity index (χ2v) is 4.30. The van der Waals surface area contributed by atoms with Crippen LogP contribution in [-0.2, 0) is 7.05 Å². The van der Waals surface area contributed by atoms with Crippen LogP contribution in [0.1, 0.15) is 13.3 Å². The van der Waals surface area contributed by atoms with Gasteiger partial charge in [-0.15, -0.1) is 0 Å². The molecule has 0 aliphatic heterocycles. The lowest BCUT2D eigenvalue weighted by molar-refractivity contribution is 0.345. The van der Waals surface area contributed by atoms with Crippen molar-refractivity contribution in [3.8, 4) is 17.1 Å². The van der Waals surface area contributed by atoms with Gasteiger partial charge < -0.3 is 9.30 Å². The zero-order valence-electron chi connectivity index (χ0n) is 11.1. The Bertz CT molecular complexity index is 558. The van der Waals surface area contributed by atoms with Crippen molar-refractivity contribution in [2.24, 2.45) is 7.05 Å². The van der Waals surface area contributed by atoms with Gasteiger partial charge in [0.1, 0.15) is 18.2 Å². The first-order chi connectivity index (χ1) is 9.24. The third kappa shape index (κ3) is 3.22. The summed E-state index contributed by atoms with van der Waals surface area (Å²) in [5.41, 5.74) is 1.67. The highest BCUT2D eigenvalue weighted by atomic mass is 19.1. The first-order valence-electron chi connectivity index (χ1n) is 6.23. The van der Waals surface area contributed by atoms with Crippen molar-refractivity contribution < 1.29 is 9.13 Å². The Morgan fingerprint density at radius 3 is 2.63 bits per heavy atom. The van der Waals surface area contributed by atoms with Crippen molar-refractivity contribution in [1.29, 1.82) is 0 Å². The number of benzene rings is 1. The SMILES string of the molecule is CC/C(=C\F)COc1ccc(-c2nccn2C)cc1. The first kappa shape index (κ1) is 13.3. The maximum Gasteiger partial charge on any atom is 0.139 e. The molecule has 0 radical (unpaired) electrons. The molecular weight excluding hydrogens is 243 g/mol. The van der Waals surface area contributed by atoms with E-state index in [1.807, 2.05) is 49.0 Å². The number of imidazole rings is 1. The number of rotatable bonds is 5. The number of hydrogen-bond acceptors (Lipinski definition) is 2. The molecule has 3 nitrogen and oxygen atoms in total. The molecule has 0 atom stereocenters. The van der Waals surface area contributed by atoms with E-state index in [2.05, 4.69) is 4.98 Å². The Balaban J connectivity index is 2.05. The van der Waals surface area contributed by atoms with Crippen LogP contribution in [-0.4, -0.2) is 16.2 Å². The van der Waals surface area contributed by atoms with Crippen LogP contribution < -0.4 is 4.74 Å². The lowest BCUT2D eigenvalue weighted by Crippen LogP contribution is -2.00. The summed E-state index contributed by atoms with van der Waals surface area (Å²) >= 11 is 0. The lowest BCUT2D eigenvalue weighted by atomic mass is 10.2. The zero-order chi connectivity index (χ0) is 13.7. The van der Waals surface area contributed by atoms with Crippen molar-refractivity contribution in [3.05, 3.63) is 48.6 Å². The average Bonchev–Trinajstić information content (AvgIpc) is 2.87. The fourth-order valence-corrected chi connectivity index (χ4v) is 1.73. The molecule has 1 aromatic carbocycles. The molecule has 4 heteroatoms. The molecule has 0 N–H and O–H groups in total. The molecule has 0 aliphatic rings. The number of nitrogens with zero attached hydrogens (tertiary/aromatic N) is 2. The summed E-state index contributed by atoms with van der Waals surface area (Å²) < 4.78 is 19.9. The highest BCUT2D eigenvalue weighted by Gasteiger charge is 2.03. The molecule has 1 heterocycles. The van der Waals surface area contributed by atoms with Gasteiger partial charge in [-0.1, -0.05) is 6.92 Å². The maximum absolute atomic E-state index is 12.4. The van der Waals surface area contributed by atoms with Crippen molar-refractivity contribution >= 4 is 0 Å². The summed E-state index contributed by atoms with van der Waals surface area (Å²) in [5.74, 6) is 1.63. The maximum atomic E-state index is 12.4. The van der Waals surface area contributed by atoms with Gasteiger partial charge in [-0.2, -0.15) is 0 Å². The molecule has 0 bridgehead atoms. The molecule has 0 aliphatic carbocycles. The van der Waals surface area contributed by atoms with Crippen LogP contribution >= 0.6 is 0 Å². The lowest BCUT2D eigenvalue weighted by Gasteiger charge is -2.08. The average molecular weight is 260 g/mol. The highest BCUT2D eigenvalue weighted by molar-refractivity contribution is 5.56. The fraction of sp³-hybridized carbons (Fsp3) is 0.267. The number of aryl methyl sites for hydroxylation is 1. The van der Waals surface area contributed by atoms with E-state index in [1.54, 1.807) is 6.20 Å². The van der Waals surface area contributed by atoms with Gasteiger partial charge in [0.05, 0.1) is 6.33 Å². The number of halogens is 1. The molecule has 0 saturated heterocycles. The van der Waals surface area contributed by atoms with E-state index in [0.717, 1.165) is 17.1 Å². The monoisotopic (exact) mass is 260 g/mol. The van der Waals surface area contributed by atoms with Gasteiger partial charge in [-0.05, 0) is 36.3 Å². The quantitative estimate of drug-likeness (QED) is 0.819. The Labute approximate surface area is 112 Å². The van der Waals surface area contributed by atoms with Crippen LogP contribution in [0.2, 0.25) is 0 Å². The van der Waals surface area contributed by atoms with E-state index in [4.69, 9.17) is 4.74 Å². The molecule has 100 valence electrons. The van der Waals surface area contributed by atoms with Crippen LogP contribution in [0.5, 0.6) is 5.75 Å². The highest BCUT2D eigenvalue weighted by Crippen LogP contribution is 2.21. The summed E-state index contributed by atoms with van der Waals surface area (Å²) in [4.78, 5) is 4.28. The van der Waals surface area contributed by atoms with Crippen LogP contribution in [0.15, 0.2) is 48.6 Å². The molecule has 0 spiro atoms. The summed E-state index contributed by atoms with van der Waals surface area (Å²) in [6.45, 7) is 2.19. The van der Waals surface area contributed by atoms with Crippen molar-refractivity contribution in [1.82, 2.24) is 9.55 Å². The molecule has 0 amide bonds. The van der Waals surface area contributed by atoms with Gasteiger partial charge in [0.25, 0.3) is 0 Å². The zero-order valence-corrected chi connectivity index (χ0v) is 11.1. The Hall–Kier alpha value is -2.10. The van der Waals surface area contributed by atoms with Crippen molar-refractivity contribution in [2.45, 2.75) is 13.3 Å². The van der Waals surface area contributed by atoms with E-state index in [1.165, 1.54) is 0 Å². The standard InChI is InChI=1S/C15H17FN2O/c1-3-12(10-16)11-19-14-6-4-13(5-7-14)15-17-8-9-18(15)2/h4-10H,3,11H2,1-2H3/b12-10+. The molecule has 0 saturated carbocycles. The van der Waals surface area contributed by atoms with Crippen molar-refractivity contribution in [2.75, 3.05) is 6.61 Å². The third-order valence-corrected chi connectivity index (χ3v) is 2.97. The molecule has 1 aromatic heterocycles. The van der Waals surface area contributed by atoms with Gasteiger partial charge in [0.2, 0.25) is 0 Å². The minimum Gasteiger partial charge on any atom is -0.489 e. The number of ether oxygens (including phenoxy) is 1. The number of hydrogen-bond donors (Lipinski definition) is 0. The normalized spacial score (nSPS) is 11.6. The van der Waals surface area contributed by atoms with Gasteiger partial charge in [-0.25, -0.2) is 9.37 Å². The minimum atomic E-state index is 0.286. The second-order valence-electron chi connectivity index (χ2n) is 4.30. The largest absolute Gasteiger partial charge is 0.489 e. The van der Waals surface area contributed by atoms with Gasteiger partial charge in [-0.3, -0.25) is 0 Å². The van der Waals surface area contributed by atoms with Gasteiger partial charge in [0, 0.05) is 25.0 Å². The van der Waals surface area contributed by atoms with Crippen LogP contribution in [0.4, 0.5) is 4.39 Å². The molecule has 0 unspecified atom stereocenters. The van der Waals surface area contributed by atoms with Crippen LogP contribution in [0.25, 0.3) is 11.4 Å². The third-order valence-electron chi connectivity index (χ3n) is 2.97.